The SMILES string of the molecule is CC(C)(C)CC(=O)NCCNC(=O)c1ccc(NC(=O)C2CC2)cc1. The average molecular weight is 345 g/mol. The minimum absolute atomic E-state index is 0.0162. The molecule has 0 aliphatic heterocycles. The molecule has 6 nitrogen and oxygen atoms in total. The molecular weight excluding hydrogens is 318 g/mol. The monoisotopic (exact) mass is 345 g/mol. The second-order valence-corrected chi connectivity index (χ2v) is 7.68. The maximum absolute atomic E-state index is 12.1. The molecule has 1 aliphatic rings. The summed E-state index contributed by atoms with van der Waals surface area (Å²) in [5.74, 6) is -0.0256. The summed E-state index contributed by atoms with van der Waals surface area (Å²) in [7, 11) is 0. The highest BCUT2D eigenvalue weighted by Gasteiger charge is 2.29. The first-order chi connectivity index (χ1) is 11.7. The van der Waals surface area contributed by atoms with Gasteiger partial charge in [-0.05, 0) is 42.5 Å². The molecule has 0 atom stereocenters. The van der Waals surface area contributed by atoms with Gasteiger partial charge >= 0.3 is 0 Å². The Kier molecular flexibility index (Phi) is 6.17. The van der Waals surface area contributed by atoms with E-state index >= 15 is 0 Å². The molecule has 136 valence electrons. The maximum atomic E-state index is 12.1. The van der Waals surface area contributed by atoms with E-state index in [1.165, 1.54) is 0 Å². The van der Waals surface area contributed by atoms with Crippen molar-refractivity contribution in [3.8, 4) is 0 Å². The van der Waals surface area contributed by atoms with Crippen molar-refractivity contribution in [3.63, 3.8) is 0 Å². The van der Waals surface area contributed by atoms with Gasteiger partial charge in [-0.3, -0.25) is 14.4 Å². The fraction of sp³-hybridized carbons (Fsp3) is 0.526. The summed E-state index contributed by atoms with van der Waals surface area (Å²) in [6.07, 6.45) is 2.37. The van der Waals surface area contributed by atoms with Crippen LogP contribution >= 0.6 is 0 Å². The van der Waals surface area contributed by atoms with E-state index in [1.807, 2.05) is 20.8 Å². The fourth-order valence-electron chi connectivity index (χ4n) is 2.32. The highest BCUT2D eigenvalue weighted by atomic mass is 16.2. The molecule has 0 unspecified atom stereocenters. The van der Waals surface area contributed by atoms with Crippen LogP contribution in [-0.4, -0.2) is 30.8 Å². The zero-order chi connectivity index (χ0) is 18.4. The summed E-state index contributed by atoms with van der Waals surface area (Å²) >= 11 is 0. The van der Waals surface area contributed by atoms with Crippen molar-refractivity contribution >= 4 is 23.4 Å². The fourth-order valence-corrected chi connectivity index (χ4v) is 2.32. The van der Waals surface area contributed by atoms with E-state index in [0.29, 0.717) is 30.8 Å². The van der Waals surface area contributed by atoms with Crippen LogP contribution in [0.25, 0.3) is 0 Å². The maximum Gasteiger partial charge on any atom is 0.251 e. The molecule has 0 heterocycles. The Hall–Kier alpha value is -2.37. The lowest BCUT2D eigenvalue weighted by atomic mass is 9.92. The first-order valence-electron chi connectivity index (χ1n) is 8.70. The van der Waals surface area contributed by atoms with Gasteiger partial charge in [-0.1, -0.05) is 20.8 Å². The van der Waals surface area contributed by atoms with E-state index in [9.17, 15) is 14.4 Å². The minimum atomic E-state index is -0.204. The van der Waals surface area contributed by atoms with Gasteiger partial charge < -0.3 is 16.0 Å². The van der Waals surface area contributed by atoms with Gasteiger partial charge in [0, 0.05) is 36.7 Å². The molecule has 0 saturated heterocycles. The number of hydrogen-bond donors (Lipinski definition) is 3. The molecule has 0 aromatic heterocycles. The molecule has 1 saturated carbocycles. The Bertz CT molecular complexity index is 628. The van der Waals surface area contributed by atoms with E-state index in [-0.39, 0.29) is 29.1 Å². The predicted octanol–water partition coefficient (Wildman–Crippen LogP) is 2.32. The zero-order valence-electron chi connectivity index (χ0n) is 15.1. The van der Waals surface area contributed by atoms with Crippen LogP contribution in [-0.2, 0) is 9.59 Å². The van der Waals surface area contributed by atoms with Gasteiger partial charge in [-0.2, -0.15) is 0 Å². The Morgan fingerprint density at radius 2 is 1.60 bits per heavy atom. The summed E-state index contributed by atoms with van der Waals surface area (Å²) in [5, 5.41) is 8.39. The summed E-state index contributed by atoms with van der Waals surface area (Å²) < 4.78 is 0. The molecule has 6 heteroatoms. The molecule has 0 spiro atoms. The molecule has 0 radical (unpaired) electrons. The Labute approximate surface area is 148 Å². The van der Waals surface area contributed by atoms with Crippen LogP contribution in [0, 0.1) is 11.3 Å². The molecule has 1 aliphatic carbocycles. The van der Waals surface area contributed by atoms with Crippen molar-refractivity contribution < 1.29 is 14.4 Å². The number of amides is 3. The van der Waals surface area contributed by atoms with Crippen LogP contribution in [0.3, 0.4) is 0 Å². The lowest BCUT2D eigenvalue weighted by Gasteiger charge is -2.17. The van der Waals surface area contributed by atoms with Crippen molar-refractivity contribution in [2.24, 2.45) is 11.3 Å². The summed E-state index contributed by atoms with van der Waals surface area (Å²) in [5.41, 5.74) is 1.16. The molecule has 0 bridgehead atoms. The Morgan fingerprint density at radius 1 is 1.00 bits per heavy atom. The number of hydrogen-bond acceptors (Lipinski definition) is 3. The number of carbonyl (C=O) groups excluding carboxylic acids is 3. The highest BCUT2D eigenvalue weighted by molar-refractivity contribution is 5.96. The first kappa shape index (κ1) is 19.0. The molecule has 1 fully saturated rings. The topological polar surface area (TPSA) is 87.3 Å². The molecule has 2 rings (SSSR count). The van der Waals surface area contributed by atoms with Crippen molar-refractivity contribution in [2.45, 2.75) is 40.0 Å². The quantitative estimate of drug-likeness (QED) is 0.663. The lowest BCUT2D eigenvalue weighted by Crippen LogP contribution is -2.35. The van der Waals surface area contributed by atoms with Crippen LogP contribution < -0.4 is 16.0 Å². The zero-order valence-corrected chi connectivity index (χ0v) is 15.1. The van der Waals surface area contributed by atoms with Crippen molar-refractivity contribution in [1.29, 1.82) is 0 Å². The third-order valence-electron chi connectivity index (χ3n) is 3.79. The van der Waals surface area contributed by atoms with Gasteiger partial charge in [-0.15, -0.1) is 0 Å². The normalized spacial score (nSPS) is 13.9. The van der Waals surface area contributed by atoms with Crippen LogP contribution in [0.2, 0.25) is 0 Å². The Balaban J connectivity index is 1.70. The average Bonchev–Trinajstić information content (AvgIpc) is 3.35. The van der Waals surface area contributed by atoms with Gasteiger partial charge in [0.1, 0.15) is 0 Å². The first-order valence-corrected chi connectivity index (χ1v) is 8.70. The molecule has 3 N–H and O–H groups in total. The van der Waals surface area contributed by atoms with Crippen LogP contribution in [0.4, 0.5) is 5.69 Å². The molecule has 1 aromatic rings. The van der Waals surface area contributed by atoms with E-state index in [4.69, 9.17) is 0 Å². The largest absolute Gasteiger partial charge is 0.354 e. The van der Waals surface area contributed by atoms with Crippen LogP contribution in [0.15, 0.2) is 24.3 Å². The van der Waals surface area contributed by atoms with E-state index < -0.39 is 0 Å². The standard InChI is InChI=1S/C19H27N3O3/c1-19(2,3)12-16(23)20-10-11-21-17(24)13-6-8-15(9-7-13)22-18(25)14-4-5-14/h6-9,14H,4-5,10-12H2,1-3H3,(H,20,23)(H,21,24)(H,22,25). The number of nitrogens with one attached hydrogen (secondary N) is 3. The third-order valence-corrected chi connectivity index (χ3v) is 3.79. The third kappa shape index (κ3) is 6.95. The van der Waals surface area contributed by atoms with E-state index in [0.717, 1.165) is 12.8 Å². The molecular formula is C19H27N3O3. The summed E-state index contributed by atoms with van der Waals surface area (Å²) in [6.45, 7) is 6.78. The molecule has 3 amide bonds. The second-order valence-electron chi connectivity index (χ2n) is 7.68. The number of anilines is 1. The number of carbonyl (C=O) groups is 3. The van der Waals surface area contributed by atoms with E-state index in [1.54, 1.807) is 24.3 Å². The van der Waals surface area contributed by atoms with Crippen molar-refractivity contribution in [1.82, 2.24) is 10.6 Å². The van der Waals surface area contributed by atoms with Crippen LogP contribution in [0.5, 0.6) is 0 Å². The number of benzene rings is 1. The van der Waals surface area contributed by atoms with Gasteiger partial charge in [-0.25, -0.2) is 0 Å². The van der Waals surface area contributed by atoms with Crippen molar-refractivity contribution in [3.05, 3.63) is 29.8 Å². The highest BCUT2D eigenvalue weighted by Crippen LogP contribution is 2.30. The second kappa shape index (κ2) is 8.14. The summed E-state index contributed by atoms with van der Waals surface area (Å²) in [4.78, 5) is 35.4. The van der Waals surface area contributed by atoms with Crippen LogP contribution in [0.1, 0.15) is 50.4 Å². The minimum Gasteiger partial charge on any atom is -0.354 e. The predicted molar refractivity (Wildman–Crippen MR) is 97.2 cm³/mol. The van der Waals surface area contributed by atoms with Gasteiger partial charge in [0.15, 0.2) is 0 Å². The lowest BCUT2D eigenvalue weighted by molar-refractivity contribution is -0.122. The molecule has 25 heavy (non-hydrogen) atoms. The Morgan fingerprint density at radius 3 is 2.16 bits per heavy atom. The molecule has 1 aromatic carbocycles. The summed E-state index contributed by atoms with van der Waals surface area (Å²) in [6, 6.07) is 6.80. The number of rotatable bonds is 7. The van der Waals surface area contributed by atoms with Gasteiger partial charge in [0.25, 0.3) is 5.91 Å². The van der Waals surface area contributed by atoms with Crippen molar-refractivity contribution in [2.75, 3.05) is 18.4 Å². The van der Waals surface area contributed by atoms with Gasteiger partial charge in [0.05, 0.1) is 0 Å². The smallest absolute Gasteiger partial charge is 0.251 e. The van der Waals surface area contributed by atoms with E-state index in [2.05, 4.69) is 16.0 Å². The van der Waals surface area contributed by atoms with Gasteiger partial charge in [0.2, 0.25) is 11.8 Å².